The molecule has 0 aromatic rings. The van der Waals surface area contributed by atoms with Crippen LogP contribution in [-0.2, 0) is 23.8 Å². The van der Waals surface area contributed by atoms with Crippen LogP contribution in [0.4, 0.5) is 0 Å². The van der Waals surface area contributed by atoms with Crippen molar-refractivity contribution in [2.24, 2.45) is 0 Å². The summed E-state index contributed by atoms with van der Waals surface area (Å²) in [6.07, 6.45) is 1.29. The third-order valence-electron chi connectivity index (χ3n) is 3.65. The smallest absolute Gasteiger partial charge is 0.306 e. The molecule has 7 heteroatoms. The molecule has 0 amide bonds. The Morgan fingerprint density at radius 2 is 2.23 bits per heavy atom. The van der Waals surface area contributed by atoms with Crippen molar-refractivity contribution in [1.82, 2.24) is 4.90 Å². The van der Waals surface area contributed by atoms with Crippen LogP contribution in [0.15, 0.2) is 11.8 Å². The lowest BCUT2D eigenvalue weighted by Gasteiger charge is -2.30. The van der Waals surface area contributed by atoms with Gasteiger partial charge in [0.1, 0.15) is 30.9 Å². The molecule has 3 atom stereocenters. The Hall–Kier alpha value is -1.44. The second-order valence-electron chi connectivity index (χ2n) is 5.75. The quantitative estimate of drug-likeness (QED) is 0.717. The highest BCUT2D eigenvalue weighted by molar-refractivity contribution is 5.81. The lowest BCUT2D eigenvalue weighted by molar-refractivity contribution is -0.154. The van der Waals surface area contributed by atoms with Gasteiger partial charge in [0.05, 0.1) is 19.6 Å². The first-order valence-electron chi connectivity index (χ1n) is 7.45. The minimum Gasteiger partial charge on any atom is -0.459 e. The first-order chi connectivity index (χ1) is 10.5. The highest BCUT2D eigenvalue weighted by Crippen LogP contribution is 2.27. The van der Waals surface area contributed by atoms with Crippen LogP contribution in [0.5, 0.6) is 0 Å². The molecule has 2 heterocycles. The number of Topliss-reactive ketones (excluding diaryl/α,β-unsaturated/α-hetero) is 1. The van der Waals surface area contributed by atoms with Gasteiger partial charge in [0.25, 0.3) is 0 Å². The van der Waals surface area contributed by atoms with Crippen molar-refractivity contribution in [3.05, 3.63) is 11.8 Å². The molecule has 2 aliphatic heterocycles. The molecule has 22 heavy (non-hydrogen) atoms. The van der Waals surface area contributed by atoms with Gasteiger partial charge in [-0.05, 0) is 19.4 Å². The van der Waals surface area contributed by atoms with Crippen molar-refractivity contribution < 1.29 is 28.9 Å². The molecule has 0 radical (unpaired) electrons. The lowest BCUT2D eigenvalue weighted by atomic mass is 10.1. The van der Waals surface area contributed by atoms with E-state index in [1.807, 2.05) is 18.0 Å². The Bertz CT molecular complexity index is 449. The summed E-state index contributed by atoms with van der Waals surface area (Å²) in [6, 6.07) is 0. The number of nitrogens with zero attached hydrogens (tertiary/aromatic N) is 1. The van der Waals surface area contributed by atoms with Crippen LogP contribution in [-0.4, -0.2) is 60.1 Å². The van der Waals surface area contributed by atoms with Crippen LogP contribution in [0, 0.1) is 0 Å². The van der Waals surface area contributed by atoms with Gasteiger partial charge in [-0.3, -0.25) is 4.79 Å². The highest BCUT2D eigenvalue weighted by Gasteiger charge is 2.40. The van der Waals surface area contributed by atoms with Gasteiger partial charge in [0, 0.05) is 19.0 Å². The van der Waals surface area contributed by atoms with Crippen LogP contribution in [0.3, 0.4) is 0 Å². The Kier molecular flexibility index (Phi) is 5.93. The van der Waals surface area contributed by atoms with E-state index < -0.39 is 18.2 Å². The van der Waals surface area contributed by atoms with E-state index in [2.05, 4.69) is 0 Å². The summed E-state index contributed by atoms with van der Waals surface area (Å²) in [5, 5.41) is 9.40. The minimum atomic E-state index is -0.554. The van der Waals surface area contributed by atoms with E-state index in [0.717, 1.165) is 5.57 Å². The number of carbonyl (C=O) groups excluding carboxylic acids is 2. The fourth-order valence-electron chi connectivity index (χ4n) is 2.54. The molecule has 7 nitrogen and oxygen atoms in total. The largest absolute Gasteiger partial charge is 0.459 e. The van der Waals surface area contributed by atoms with Crippen molar-refractivity contribution in [2.75, 3.05) is 19.9 Å². The van der Waals surface area contributed by atoms with E-state index in [1.54, 1.807) is 0 Å². The molecule has 1 saturated heterocycles. The number of aliphatic hydroxyl groups excluding tert-OH is 1. The number of ketones is 1. The van der Waals surface area contributed by atoms with Crippen LogP contribution >= 0.6 is 0 Å². The zero-order valence-corrected chi connectivity index (χ0v) is 13.0. The molecule has 0 spiro atoms. The van der Waals surface area contributed by atoms with Crippen molar-refractivity contribution in [2.45, 2.75) is 51.5 Å². The normalized spacial score (nSPS) is 28.4. The standard InChI is InChI=1S/C15H23NO6/c1-10-6-16(9-20-8-10)14-5-12(13(7-17)21-14)22-15(19)4-3-11(2)18/h6,12-14,17H,3-5,7-9H2,1-2H3/t12-,13-,14-/m1/s1. The van der Waals surface area contributed by atoms with Gasteiger partial charge in [-0.25, -0.2) is 0 Å². The van der Waals surface area contributed by atoms with E-state index in [9.17, 15) is 14.7 Å². The molecule has 0 unspecified atom stereocenters. The summed E-state index contributed by atoms with van der Waals surface area (Å²) < 4.78 is 16.5. The van der Waals surface area contributed by atoms with Gasteiger partial charge in [-0.15, -0.1) is 0 Å². The Balaban J connectivity index is 1.90. The molecule has 0 aromatic carbocycles. The van der Waals surface area contributed by atoms with E-state index in [1.165, 1.54) is 6.92 Å². The van der Waals surface area contributed by atoms with Gasteiger partial charge >= 0.3 is 5.97 Å². The predicted molar refractivity (Wildman–Crippen MR) is 76.6 cm³/mol. The summed E-state index contributed by atoms with van der Waals surface area (Å²) in [5.74, 6) is -0.494. The number of hydrogen-bond donors (Lipinski definition) is 1. The molecular weight excluding hydrogens is 290 g/mol. The third-order valence-corrected chi connectivity index (χ3v) is 3.65. The molecule has 0 bridgehead atoms. The Labute approximate surface area is 129 Å². The maximum atomic E-state index is 11.7. The van der Waals surface area contributed by atoms with Crippen molar-refractivity contribution in [3.63, 3.8) is 0 Å². The van der Waals surface area contributed by atoms with Crippen molar-refractivity contribution in [1.29, 1.82) is 0 Å². The summed E-state index contributed by atoms with van der Waals surface area (Å²) in [5.41, 5.74) is 1.08. The molecule has 0 aliphatic carbocycles. The molecular formula is C15H23NO6. The third kappa shape index (κ3) is 4.53. The number of aliphatic hydroxyl groups is 1. The molecule has 0 aromatic heterocycles. The predicted octanol–water partition coefficient (Wildman–Crippen LogP) is 0.568. The van der Waals surface area contributed by atoms with E-state index in [-0.39, 0.29) is 31.5 Å². The fraction of sp³-hybridized carbons (Fsp3) is 0.733. The first kappa shape index (κ1) is 16.9. The Morgan fingerprint density at radius 3 is 2.86 bits per heavy atom. The second kappa shape index (κ2) is 7.71. The van der Waals surface area contributed by atoms with Crippen molar-refractivity contribution >= 4 is 11.8 Å². The van der Waals surface area contributed by atoms with E-state index >= 15 is 0 Å². The number of carbonyl (C=O) groups is 2. The van der Waals surface area contributed by atoms with Gasteiger partial charge in [0.15, 0.2) is 0 Å². The van der Waals surface area contributed by atoms with Gasteiger partial charge in [-0.1, -0.05) is 0 Å². The summed E-state index contributed by atoms with van der Waals surface area (Å²) in [4.78, 5) is 24.5. The highest BCUT2D eigenvalue weighted by atomic mass is 16.6. The van der Waals surface area contributed by atoms with Crippen LogP contribution < -0.4 is 0 Å². The average molecular weight is 313 g/mol. The van der Waals surface area contributed by atoms with Gasteiger partial charge in [0.2, 0.25) is 0 Å². The minimum absolute atomic E-state index is 0.0534. The molecule has 124 valence electrons. The maximum Gasteiger partial charge on any atom is 0.306 e. The van der Waals surface area contributed by atoms with Crippen molar-refractivity contribution in [3.8, 4) is 0 Å². The SMILES string of the molecule is CC(=O)CCC(=O)O[C@@H]1C[C@H](N2C=C(C)COC2)O[C@@H]1CO. The van der Waals surface area contributed by atoms with Crippen LogP contribution in [0.25, 0.3) is 0 Å². The van der Waals surface area contributed by atoms with E-state index in [4.69, 9.17) is 14.2 Å². The summed E-state index contributed by atoms with van der Waals surface area (Å²) >= 11 is 0. The van der Waals surface area contributed by atoms with Crippen LogP contribution in [0.2, 0.25) is 0 Å². The topological polar surface area (TPSA) is 85.3 Å². The molecule has 2 aliphatic rings. The fourth-order valence-corrected chi connectivity index (χ4v) is 2.54. The number of rotatable bonds is 6. The molecule has 2 rings (SSSR count). The summed E-state index contributed by atoms with van der Waals surface area (Å²) in [6.45, 7) is 4.17. The number of hydrogen-bond acceptors (Lipinski definition) is 7. The summed E-state index contributed by atoms with van der Waals surface area (Å²) in [7, 11) is 0. The molecule has 1 N–H and O–H groups in total. The lowest BCUT2D eigenvalue weighted by Crippen LogP contribution is -2.36. The monoisotopic (exact) mass is 313 g/mol. The van der Waals surface area contributed by atoms with Gasteiger partial charge in [-0.2, -0.15) is 0 Å². The number of ether oxygens (including phenoxy) is 3. The average Bonchev–Trinajstić information content (AvgIpc) is 2.88. The maximum absolute atomic E-state index is 11.7. The zero-order valence-electron chi connectivity index (χ0n) is 13.0. The van der Waals surface area contributed by atoms with Crippen LogP contribution in [0.1, 0.15) is 33.1 Å². The number of esters is 1. The van der Waals surface area contributed by atoms with Gasteiger partial charge < -0.3 is 29.0 Å². The van der Waals surface area contributed by atoms with E-state index in [0.29, 0.717) is 19.8 Å². The second-order valence-corrected chi connectivity index (χ2v) is 5.75. The Morgan fingerprint density at radius 1 is 1.45 bits per heavy atom. The molecule has 0 saturated carbocycles. The first-order valence-corrected chi connectivity index (χ1v) is 7.45. The molecule has 1 fully saturated rings. The zero-order chi connectivity index (χ0) is 16.1.